The number of rotatable bonds is 5. The van der Waals surface area contributed by atoms with Crippen LogP contribution in [0.25, 0.3) is 11.0 Å². The molecule has 0 saturated carbocycles. The Morgan fingerprint density at radius 3 is 2.59 bits per heavy atom. The summed E-state index contributed by atoms with van der Waals surface area (Å²) in [6, 6.07) is 18.0. The van der Waals surface area contributed by atoms with E-state index in [4.69, 9.17) is 0 Å². The highest BCUT2D eigenvalue weighted by molar-refractivity contribution is 7.14. The summed E-state index contributed by atoms with van der Waals surface area (Å²) in [7, 11) is 0. The molecule has 2 aromatic carbocycles. The van der Waals surface area contributed by atoms with Gasteiger partial charge in [-0.1, -0.05) is 42.5 Å². The van der Waals surface area contributed by atoms with Crippen LogP contribution in [0.1, 0.15) is 32.9 Å². The van der Waals surface area contributed by atoms with Crippen LogP contribution in [0.2, 0.25) is 0 Å². The average molecular weight is 376 g/mol. The molecule has 0 unspecified atom stereocenters. The molecule has 4 rings (SSSR count). The van der Waals surface area contributed by atoms with Crippen molar-refractivity contribution in [1.82, 2.24) is 14.5 Å². The minimum Gasteiger partial charge on any atom is -0.310 e. The molecule has 27 heavy (non-hydrogen) atoms. The van der Waals surface area contributed by atoms with Crippen LogP contribution in [0, 0.1) is 6.92 Å². The van der Waals surface area contributed by atoms with Crippen molar-refractivity contribution in [3.05, 3.63) is 75.7 Å². The molecule has 5 nitrogen and oxygen atoms in total. The largest absolute Gasteiger partial charge is 0.310 e. The van der Waals surface area contributed by atoms with Gasteiger partial charge in [0.1, 0.15) is 4.88 Å². The van der Waals surface area contributed by atoms with Crippen molar-refractivity contribution >= 4 is 34.2 Å². The average Bonchev–Trinajstić information content (AvgIpc) is 3.21. The number of amides is 1. The molecule has 6 heteroatoms. The van der Waals surface area contributed by atoms with Gasteiger partial charge in [0.25, 0.3) is 5.91 Å². The van der Waals surface area contributed by atoms with E-state index in [9.17, 15) is 4.79 Å². The predicted molar refractivity (Wildman–Crippen MR) is 109 cm³/mol. The van der Waals surface area contributed by atoms with Crippen molar-refractivity contribution in [3.8, 4) is 0 Å². The summed E-state index contributed by atoms with van der Waals surface area (Å²) in [4.78, 5) is 22.6. The number of aryl methyl sites for hydroxylation is 2. The Balaban J connectivity index is 1.59. The van der Waals surface area contributed by atoms with Gasteiger partial charge in [0.2, 0.25) is 5.95 Å². The molecule has 0 saturated heterocycles. The molecule has 0 spiro atoms. The maximum absolute atomic E-state index is 12.9. The van der Waals surface area contributed by atoms with Gasteiger partial charge in [-0.15, -0.1) is 11.3 Å². The van der Waals surface area contributed by atoms with Crippen LogP contribution in [0.5, 0.6) is 0 Å². The normalized spacial score (nSPS) is 11.0. The van der Waals surface area contributed by atoms with E-state index in [2.05, 4.69) is 27.4 Å². The van der Waals surface area contributed by atoms with E-state index < -0.39 is 0 Å². The number of nitrogens with zero attached hydrogens (tertiary/aromatic N) is 3. The molecule has 0 aliphatic heterocycles. The highest BCUT2D eigenvalue weighted by Crippen LogP contribution is 2.24. The number of hydrogen-bond donors (Lipinski definition) is 1. The number of imidazole rings is 1. The summed E-state index contributed by atoms with van der Waals surface area (Å²) in [5, 5.41) is 3.91. The monoisotopic (exact) mass is 376 g/mol. The molecule has 0 fully saturated rings. The Morgan fingerprint density at radius 2 is 1.81 bits per heavy atom. The van der Waals surface area contributed by atoms with Crippen molar-refractivity contribution in [2.45, 2.75) is 26.8 Å². The van der Waals surface area contributed by atoms with Crippen molar-refractivity contribution in [3.63, 3.8) is 0 Å². The number of benzene rings is 2. The first kappa shape index (κ1) is 17.4. The number of thiazole rings is 1. The molecule has 0 radical (unpaired) electrons. The molecule has 1 N–H and O–H groups in total. The third-order valence-electron chi connectivity index (χ3n) is 4.44. The second-order valence-corrected chi connectivity index (χ2v) is 7.39. The molecule has 0 aliphatic carbocycles. The van der Waals surface area contributed by atoms with E-state index in [0.717, 1.165) is 34.7 Å². The zero-order chi connectivity index (χ0) is 18.8. The van der Waals surface area contributed by atoms with E-state index in [1.807, 2.05) is 60.9 Å². The molecule has 4 aromatic rings. The number of fused-ring (bicyclic) bond motifs is 1. The Hall–Kier alpha value is -2.99. The third kappa shape index (κ3) is 3.48. The summed E-state index contributed by atoms with van der Waals surface area (Å²) in [5.41, 5.74) is 3.83. The van der Waals surface area contributed by atoms with Gasteiger partial charge in [0.05, 0.1) is 21.7 Å². The molecule has 0 atom stereocenters. The maximum Gasteiger partial charge on any atom is 0.269 e. The van der Waals surface area contributed by atoms with Crippen LogP contribution in [0.15, 0.2) is 54.6 Å². The van der Waals surface area contributed by atoms with Crippen molar-refractivity contribution in [2.75, 3.05) is 5.32 Å². The van der Waals surface area contributed by atoms with Crippen LogP contribution in [-0.4, -0.2) is 20.4 Å². The Morgan fingerprint density at radius 1 is 1.07 bits per heavy atom. The topological polar surface area (TPSA) is 59.8 Å². The number of nitrogens with one attached hydrogen (secondary N) is 1. The number of carbonyl (C=O) groups excluding carboxylic acids is 1. The van der Waals surface area contributed by atoms with Gasteiger partial charge in [-0.2, -0.15) is 0 Å². The molecular weight excluding hydrogens is 356 g/mol. The minimum absolute atomic E-state index is 0.158. The number of anilines is 1. The SMILES string of the molecule is CCn1c(NC(=O)c2sc(Cc3ccccc3)nc2C)nc2ccccc21. The predicted octanol–water partition coefficient (Wildman–Crippen LogP) is 4.66. The van der Waals surface area contributed by atoms with Gasteiger partial charge >= 0.3 is 0 Å². The standard InChI is InChI=1S/C21H20N4OS/c1-3-25-17-12-8-7-11-16(17)23-21(25)24-20(26)19-14(2)22-18(27-19)13-15-9-5-4-6-10-15/h4-12H,3,13H2,1-2H3,(H,23,24,26). The van der Waals surface area contributed by atoms with Crippen LogP contribution >= 0.6 is 11.3 Å². The molecule has 2 aromatic heterocycles. The van der Waals surface area contributed by atoms with E-state index >= 15 is 0 Å². The van der Waals surface area contributed by atoms with Gasteiger partial charge in [-0.25, -0.2) is 9.97 Å². The molecule has 0 aliphatic rings. The number of hydrogen-bond acceptors (Lipinski definition) is 4. The zero-order valence-corrected chi connectivity index (χ0v) is 16.1. The quantitative estimate of drug-likeness (QED) is 0.551. The maximum atomic E-state index is 12.9. The fourth-order valence-corrected chi connectivity index (χ4v) is 4.15. The molecule has 2 heterocycles. The van der Waals surface area contributed by atoms with Crippen LogP contribution in [-0.2, 0) is 13.0 Å². The van der Waals surface area contributed by atoms with E-state index in [1.54, 1.807) is 0 Å². The Labute approximate surface area is 161 Å². The van der Waals surface area contributed by atoms with Crippen LogP contribution in [0.4, 0.5) is 5.95 Å². The lowest BCUT2D eigenvalue weighted by molar-refractivity contribution is 0.102. The lowest BCUT2D eigenvalue weighted by atomic mass is 10.2. The second-order valence-electron chi connectivity index (χ2n) is 6.31. The fourth-order valence-electron chi connectivity index (χ4n) is 3.16. The Kier molecular flexibility index (Phi) is 4.73. The van der Waals surface area contributed by atoms with Gasteiger partial charge in [-0.3, -0.25) is 10.1 Å². The number of para-hydroxylation sites is 2. The van der Waals surface area contributed by atoms with E-state index in [1.165, 1.54) is 16.9 Å². The van der Waals surface area contributed by atoms with Crippen molar-refractivity contribution in [2.24, 2.45) is 0 Å². The second kappa shape index (κ2) is 7.32. The Bertz CT molecular complexity index is 1100. The fraction of sp³-hybridized carbons (Fsp3) is 0.190. The number of carbonyl (C=O) groups is 1. The molecule has 0 bridgehead atoms. The van der Waals surface area contributed by atoms with E-state index in [-0.39, 0.29) is 5.91 Å². The highest BCUT2D eigenvalue weighted by atomic mass is 32.1. The van der Waals surface area contributed by atoms with Gasteiger partial charge in [0.15, 0.2) is 0 Å². The minimum atomic E-state index is -0.158. The summed E-state index contributed by atoms with van der Waals surface area (Å²) < 4.78 is 2.01. The summed E-state index contributed by atoms with van der Waals surface area (Å²) in [5.74, 6) is 0.412. The molecular formula is C21H20N4OS. The first-order valence-electron chi connectivity index (χ1n) is 8.92. The number of aromatic nitrogens is 3. The third-order valence-corrected chi connectivity index (χ3v) is 5.60. The van der Waals surface area contributed by atoms with Crippen LogP contribution < -0.4 is 5.32 Å². The highest BCUT2D eigenvalue weighted by Gasteiger charge is 2.18. The van der Waals surface area contributed by atoms with Gasteiger partial charge < -0.3 is 4.57 Å². The molecule has 1 amide bonds. The summed E-state index contributed by atoms with van der Waals surface area (Å²) in [6.45, 7) is 4.65. The lowest BCUT2D eigenvalue weighted by Gasteiger charge is -2.06. The molecule has 136 valence electrons. The van der Waals surface area contributed by atoms with E-state index in [0.29, 0.717) is 10.8 Å². The first-order valence-corrected chi connectivity index (χ1v) is 9.74. The first-order chi connectivity index (χ1) is 13.2. The van der Waals surface area contributed by atoms with Crippen LogP contribution in [0.3, 0.4) is 0 Å². The summed E-state index contributed by atoms with van der Waals surface area (Å²) in [6.07, 6.45) is 0.729. The lowest BCUT2D eigenvalue weighted by Crippen LogP contribution is -2.15. The van der Waals surface area contributed by atoms with Gasteiger partial charge in [0, 0.05) is 13.0 Å². The zero-order valence-electron chi connectivity index (χ0n) is 15.3. The smallest absolute Gasteiger partial charge is 0.269 e. The summed E-state index contributed by atoms with van der Waals surface area (Å²) >= 11 is 1.44. The van der Waals surface area contributed by atoms with Crippen molar-refractivity contribution < 1.29 is 4.79 Å². The van der Waals surface area contributed by atoms with Gasteiger partial charge in [-0.05, 0) is 31.5 Å². The van der Waals surface area contributed by atoms with Crippen molar-refractivity contribution in [1.29, 1.82) is 0 Å².